The fraction of sp³-hybridized carbons (Fsp3) is 0.923. The zero-order chi connectivity index (χ0) is 12.7. The topological polar surface area (TPSA) is 58.6 Å². The Bertz CT molecular complexity index is 223. The maximum absolute atomic E-state index is 10.8. The zero-order valence-electron chi connectivity index (χ0n) is 10.9. The van der Waals surface area contributed by atoms with Crippen LogP contribution < -0.4 is 5.32 Å². The van der Waals surface area contributed by atoms with Gasteiger partial charge in [0.05, 0.1) is 12.5 Å². The molecule has 4 heteroatoms. The molecule has 1 fully saturated rings. The molecule has 0 aromatic carbocycles. The third-order valence-corrected chi connectivity index (χ3v) is 3.21. The smallest absolute Gasteiger partial charge is 0.306 e. The number of rotatable bonds is 7. The Labute approximate surface area is 104 Å². The lowest BCUT2D eigenvalue weighted by atomic mass is 9.86. The fourth-order valence-corrected chi connectivity index (χ4v) is 2.20. The van der Waals surface area contributed by atoms with Gasteiger partial charge in [-0.2, -0.15) is 0 Å². The van der Waals surface area contributed by atoms with Crippen molar-refractivity contribution >= 4 is 5.97 Å². The third-order valence-electron chi connectivity index (χ3n) is 3.21. The first-order valence-electron chi connectivity index (χ1n) is 6.63. The molecule has 0 saturated heterocycles. The lowest BCUT2D eigenvalue weighted by molar-refractivity contribution is -0.142. The number of carboxylic acids is 1. The average molecular weight is 243 g/mol. The number of aliphatic carboxylic acids is 1. The molecule has 0 radical (unpaired) electrons. The van der Waals surface area contributed by atoms with Crippen molar-refractivity contribution in [3.8, 4) is 0 Å². The minimum absolute atomic E-state index is 0.120. The van der Waals surface area contributed by atoms with Gasteiger partial charge < -0.3 is 15.2 Å². The van der Waals surface area contributed by atoms with E-state index in [0.717, 1.165) is 45.4 Å². The van der Waals surface area contributed by atoms with Gasteiger partial charge in [0.1, 0.15) is 0 Å². The van der Waals surface area contributed by atoms with Gasteiger partial charge in [0, 0.05) is 19.2 Å². The van der Waals surface area contributed by atoms with Crippen molar-refractivity contribution in [1.29, 1.82) is 0 Å². The van der Waals surface area contributed by atoms with Gasteiger partial charge in [0.15, 0.2) is 0 Å². The van der Waals surface area contributed by atoms with Gasteiger partial charge in [-0.1, -0.05) is 13.8 Å². The molecule has 1 aliphatic rings. The quantitative estimate of drug-likeness (QED) is 0.670. The van der Waals surface area contributed by atoms with E-state index in [-0.39, 0.29) is 5.92 Å². The molecule has 0 unspecified atom stereocenters. The molecule has 0 atom stereocenters. The summed E-state index contributed by atoms with van der Waals surface area (Å²) < 4.78 is 5.49. The van der Waals surface area contributed by atoms with Crippen molar-refractivity contribution < 1.29 is 14.6 Å². The molecule has 1 rings (SSSR count). The van der Waals surface area contributed by atoms with E-state index >= 15 is 0 Å². The lowest BCUT2D eigenvalue weighted by Gasteiger charge is -2.26. The maximum Gasteiger partial charge on any atom is 0.306 e. The highest BCUT2D eigenvalue weighted by molar-refractivity contribution is 5.70. The number of carbonyl (C=O) groups is 1. The molecule has 0 aromatic rings. The summed E-state index contributed by atoms with van der Waals surface area (Å²) in [6.07, 6.45) is 3.56. The molecular weight excluding hydrogens is 218 g/mol. The van der Waals surface area contributed by atoms with Gasteiger partial charge in [-0.05, 0) is 31.6 Å². The fourth-order valence-electron chi connectivity index (χ4n) is 2.20. The molecule has 0 aliphatic heterocycles. The van der Waals surface area contributed by atoms with Crippen LogP contribution in [0.15, 0.2) is 0 Å². The van der Waals surface area contributed by atoms with Crippen molar-refractivity contribution in [3.05, 3.63) is 0 Å². The van der Waals surface area contributed by atoms with Gasteiger partial charge >= 0.3 is 5.97 Å². The second kappa shape index (κ2) is 7.67. The van der Waals surface area contributed by atoms with Crippen LogP contribution in [0.25, 0.3) is 0 Å². The van der Waals surface area contributed by atoms with Crippen LogP contribution >= 0.6 is 0 Å². The number of ether oxygens (including phenoxy) is 1. The molecule has 0 bridgehead atoms. The zero-order valence-corrected chi connectivity index (χ0v) is 10.9. The van der Waals surface area contributed by atoms with E-state index in [4.69, 9.17) is 9.84 Å². The summed E-state index contributed by atoms with van der Waals surface area (Å²) in [7, 11) is 0. The largest absolute Gasteiger partial charge is 0.481 e. The first kappa shape index (κ1) is 14.5. The van der Waals surface area contributed by atoms with Crippen molar-refractivity contribution in [2.45, 2.75) is 45.6 Å². The molecule has 1 saturated carbocycles. The summed E-state index contributed by atoms with van der Waals surface area (Å²) in [5, 5.41) is 12.3. The summed E-state index contributed by atoms with van der Waals surface area (Å²) in [4.78, 5) is 10.8. The predicted molar refractivity (Wildman–Crippen MR) is 67.0 cm³/mol. The monoisotopic (exact) mass is 243 g/mol. The Morgan fingerprint density at radius 2 is 2.00 bits per heavy atom. The first-order valence-corrected chi connectivity index (χ1v) is 6.63. The van der Waals surface area contributed by atoms with Crippen molar-refractivity contribution in [2.24, 2.45) is 11.8 Å². The van der Waals surface area contributed by atoms with E-state index in [1.165, 1.54) is 0 Å². The Morgan fingerprint density at radius 1 is 1.35 bits per heavy atom. The van der Waals surface area contributed by atoms with Crippen LogP contribution in [0.1, 0.15) is 39.5 Å². The van der Waals surface area contributed by atoms with Crippen LogP contribution in [0.2, 0.25) is 0 Å². The van der Waals surface area contributed by atoms with Crippen molar-refractivity contribution in [2.75, 3.05) is 19.8 Å². The maximum atomic E-state index is 10.8. The van der Waals surface area contributed by atoms with E-state index < -0.39 is 5.97 Å². The SMILES string of the molecule is CC(C)COCCNC1CCC(C(=O)O)CC1. The van der Waals surface area contributed by atoms with Gasteiger partial charge in [-0.25, -0.2) is 0 Å². The molecule has 0 aromatic heterocycles. The van der Waals surface area contributed by atoms with Gasteiger partial charge in [0.25, 0.3) is 0 Å². The molecule has 0 amide bonds. The number of nitrogens with one attached hydrogen (secondary N) is 1. The highest BCUT2D eigenvalue weighted by Crippen LogP contribution is 2.24. The summed E-state index contributed by atoms with van der Waals surface area (Å²) in [6.45, 7) is 6.71. The summed E-state index contributed by atoms with van der Waals surface area (Å²) in [6, 6.07) is 0.480. The molecule has 4 nitrogen and oxygen atoms in total. The molecule has 1 aliphatic carbocycles. The Hall–Kier alpha value is -0.610. The summed E-state index contributed by atoms with van der Waals surface area (Å²) in [5.74, 6) is -0.171. The van der Waals surface area contributed by atoms with Gasteiger partial charge in [0.2, 0.25) is 0 Å². The van der Waals surface area contributed by atoms with E-state index in [2.05, 4.69) is 19.2 Å². The molecule has 17 heavy (non-hydrogen) atoms. The molecular formula is C13H25NO3. The van der Waals surface area contributed by atoms with E-state index in [9.17, 15) is 4.79 Å². The van der Waals surface area contributed by atoms with E-state index in [1.807, 2.05) is 0 Å². The molecule has 0 heterocycles. The Morgan fingerprint density at radius 3 is 2.53 bits per heavy atom. The first-order chi connectivity index (χ1) is 8.09. The predicted octanol–water partition coefficient (Wildman–Crippen LogP) is 1.89. The van der Waals surface area contributed by atoms with Crippen LogP contribution in [0.5, 0.6) is 0 Å². The van der Waals surface area contributed by atoms with Crippen molar-refractivity contribution in [3.63, 3.8) is 0 Å². The van der Waals surface area contributed by atoms with Crippen LogP contribution in [0, 0.1) is 11.8 Å². The van der Waals surface area contributed by atoms with Crippen LogP contribution in [0.3, 0.4) is 0 Å². The lowest BCUT2D eigenvalue weighted by Crippen LogP contribution is -2.36. The van der Waals surface area contributed by atoms with Gasteiger partial charge in [-0.3, -0.25) is 4.79 Å². The number of hydrogen-bond acceptors (Lipinski definition) is 3. The third kappa shape index (κ3) is 6.03. The normalized spacial score (nSPS) is 25.1. The molecule has 100 valence electrons. The minimum Gasteiger partial charge on any atom is -0.481 e. The molecule has 2 N–H and O–H groups in total. The number of carboxylic acid groups (broad SMARTS) is 1. The van der Waals surface area contributed by atoms with Crippen LogP contribution in [0.4, 0.5) is 0 Å². The average Bonchev–Trinajstić information content (AvgIpc) is 2.29. The second-order valence-corrected chi connectivity index (χ2v) is 5.31. The Kier molecular flexibility index (Phi) is 6.52. The summed E-state index contributed by atoms with van der Waals surface area (Å²) in [5.41, 5.74) is 0. The van der Waals surface area contributed by atoms with E-state index in [1.54, 1.807) is 0 Å². The Balaban J connectivity index is 2.01. The van der Waals surface area contributed by atoms with E-state index in [0.29, 0.717) is 12.0 Å². The summed E-state index contributed by atoms with van der Waals surface area (Å²) >= 11 is 0. The molecule has 0 spiro atoms. The standard InChI is InChI=1S/C13H25NO3/c1-10(2)9-17-8-7-14-12-5-3-11(4-6-12)13(15)16/h10-12,14H,3-9H2,1-2H3,(H,15,16). The van der Waals surface area contributed by atoms with Crippen LogP contribution in [-0.4, -0.2) is 36.9 Å². The second-order valence-electron chi connectivity index (χ2n) is 5.31. The highest BCUT2D eigenvalue weighted by Gasteiger charge is 2.25. The minimum atomic E-state index is -0.635. The van der Waals surface area contributed by atoms with Gasteiger partial charge in [-0.15, -0.1) is 0 Å². The van der Waals surface area contributed by atoms with Crippen molar-refractivity contribution in [1.82, 2.24) is 5.32 Å². The van der Waals surface area contributed by atoms with Crippen LogP contribution in [-0.2, 0) is 9.53 Å². The number of hydrogen-bond donors (Lipinski definition) is 2. The highest BCUT2D eigenvalue weighted by atomic mass is 16.5.